The molecule has 2 aliphatic rings. The first-order valence-corrected chi connectivity index (χ1v) is 11.1. The van der Waals surface area contributed by atoms with E-state index >= 15 is 0 Å². The van der Waals surface area contributed by atoms with Crippen molar-refractivity contribution >= 4 is 15.9 Å². The Kier molecular flexibility index (Phi) is 4.76. The van der Waals surface area contributed by atoms with Crippen LogP contribution in [0.4, 0.5) is 0 Å². The van der Waals surface area contributed by atoms with Crippen LogP contribution < -0.4 is 0 Å². The Morgan fingerprint density at radius 3 is 2.75 bits per heavy atom. The van der Waals surface area contributed by atoms with E-state index in [1.807, 2.05) is 30.3 Å². The number of nitrogens with one attached hydrogen (secondary N) is 1. The molecule has 1 amide bonds. The number of aromatic nitrogens is 2. The molecule has 1 aromatic carbocycles. The highest BCUT2D eigenvalue weighted by Crippen LogP contribution is 2.43. The van der Waals surface area contributed by atoms with Crippen LogP contribution in [-0.2, 0) is 10.0 Å². The highest BCUT2D eigenvalue weighted by Gasteiger charge is 2.51. The summed E-state index contributed by atoms with van der Waals surface area (Å²) in [7, 11) is -3.33. The molecule has 0 aliphatic carbocycles. The van der Waals surface area contributed by atoms with Crippen molar-refractivity contribution in [2.24, 2.45) is 11.3 Å². The van der Waals surface area contributed by atoms with Gasteiger partial charge in [-0.25, -0.2) is 12.7 Å². The van der Waals surface area contributed by atoms with Crippen molar-refractivity contribution in [3.8, 4) is 11.3 Å². The van der Waals surface area contributed by atoms with Gasteiger partial charge < -0.3 is 10.0 Å². The van der Waals surface area contributed by atoms with Crippen LogP contribution in [0.2, 0.25) is 0 Å². The number of likely N-dealkylation sites (tertiary alicyclic amines) is 1. The zero-order valence-electron chi connectivity index (χ0n) is 15.7. The van der Waals surface area contributed by atoms with Crippen LogP contribution in [0.3, 0.4) is 0 Å². The monoisotopic (exact) mass is 404 g/mol. The van der Waals surface area contributed by atoms with Crippen molar-refractivity contribution < 1.29 is 18.3 Å². The first-order valence-electron chi connectivity index (χ1n) is 9.28. The van der Waals surface area contributed by atoms with Gasteiger partial charge in [0.2, 0.25) is 10.0 Å². The third kappa shape index (κ3) is 3.23. The zero-order valence-corrected chi connectivity index (χ0v) is 16.5. The number of aliphatic hydroxyl groups excluding tert-OH is 1. The summed E-state index contributed by atoms with van der Waals surface area (Å²) >= 11 is 0. The van der Waals surface area contributed by atoms with E-state index in [0.717, 1.165) is 5.56 Å². The number of benzene rings is 1. The summed E-state index contributed by atoms with van der Waals surface area (Å²) in [6.45, 7) is 1.47. The molecule has 0 bridgehead atoms. The van der Waals surface area contributed by atoms with Gasteiger partial charge in [0, 0.05) is 37.2 Å². The van der Waals surface area contributed by atoms with Crippen LogP contribution in [0.25, 0.3) is 11.3 Å². The number of rotatable bonds is 4. The van der Waals surface area contributed by atoms with E-state index in [2.05, 4.69) is 10.2 Å². The van der Waals surface area contributed by atoms with Crippen molar-refractivity contribution in [1.82, 2.24) is 19.4 Å². The molecular weight excluding hydrogens is 380 g/mol. The third-order valence-corrected chi connectivity index (χ3v) is 7.32. The Morgan fingerprint density at radius 1 is 1.32 bits per heavy atom. The number of hydrogen-bond donors (Lipinski definition) is 2. The second kappa shape index (κ2) is 6.98. The van der Waals surface area contributed by atoms with Crippen LogP contribution in [0, 0.1) is 11.3 Å². The zero-order chi connectivity index (χ0) is 19.9. The maximum absolute atomic E-state index is 13.2. The molecule has 2 atom stereocenters. The van der Waals surface area contributed by atoms with E-state index in [1.54, 1.807) is 4.90 Å². The normalized spacial score (nSPS) is 25.6. The number of aliphatic hydroxyl groups is 1. The first kappa shape index (κ1) is 19.1. The minimum atomic E-state index is -3.33. The summed E-state index contributed by atoms with van der Waals surface area (Å²) < 4.78 is 25.4. The topological polar surface area (TPSA) is 107 Å². The molecule has 28 heavy (non-hydrogen) atoms. The smallest absolute Gasteiger partial charge is 0.257 e. The molecular formula is C19H24N4O4S. The number of sulfonamides is 1. The number of nitrogens with zero attached hydrogens (tertiary/aromatic N) is 3. The molecule has 2 saturated heterocycles. The van der Waals surface area contributed by atoms with Gasteiger partial charge in [0.05, 0.1) is 30.3 Å². The lowest BCUT2D eigenvalue weighted by Crippen LogP contribution is -2.50. The summed E-state index contributed by atoms with van der Waals surface area (Å²) in [5.41, 5.74) is 1.59. The molecule has 4 rings (SSSR count). The molecule has 3 heterocycles. The number of amides is 1. The molecule has 0 unspecified atom stereocenters. The third-order valence-electron chi connectivity index (χ3n) is 6.11. The van der Waals surface area contributed by atoms with Crippen LogP contribution in [0.15, 0.2) is 36.5 Å². The van der Waals surface area contributed by atoms with Gasteiger partial charge in [-0.15, -0.1) is 0 Å². The average Bonchev–Trinajstić information content (AvgIpc) is 3.32. The first-order chi connectivity index (χ1) is 13.3. The van der Waals surface area contributed by atoms with Gasteiger partial charge in [-0.3, -0.25) is 9.89 Å². The summed E-state index contributed by atoms with van der Waals surface area (Å²) in [6, 6.07) is 9.54. The predicted molar refractivity (Wildman–Crippen MR) is 104 cm³/mol. The fourth-order valence-corrected chi connectivity index (χ4v) is 5.31. The number of carbonyl (C=O) groups excluding carboxylic acids is 1. The molecule has 2 aromatic rings. The highest BCUT2D eigenvalue weighted by atomic mass is 32.2. The predicted octanol–water partition coefficient (Wildman–Crippen LogP) is 0.793. The molecule has 1 aromatic heterocycles. The lowest BCUT2D eigenvalue weighted by Gasteiger charge is -2.42. The van der Waals surface area contributed by atoms with Crippen LogP contribution >= 0.6 is 0 Å². The van der Waals surface area contributed by atoms with Crippen molar-refractivity contribution in [2.45, 2.75) is 6.42 Å². The number of aromatic amines is 1. The van der Waals surface area contributed by atoms with E-state index in [-0.39, 0.29) is 18.4 Å². The minimum Gasteiger partial charge on any atom is -0.396 e. The summed E-state index contributed by atoms with van der Waals surface area (Å²) in [6.07, 6.45) is 3.30. The number of H-pyrrole nitrogens is 1. The standard InChI is InChI=1S/C19H24N4O4S/c1-28(26,27)23-11-15-10-22(8-7-19(15,12-23)13-24)18(25)16-9-20-21-17(16)14-5-3-2-4-6-14/h2-6,9,15,24H,7-8,10-13H2,1H3,(H,20,21)/t15-,19+/m1/s1. The van der Waals surface area contributed by atoms with Gasteiger partial charge in [-0.2, -0.15) is 5.10 Å². The molecule has 150 valence electrons. The van der Waals surface area contributed by atoms with Crippen molar-refractivity contribution in [1.29, 1.82) is 0 Å². The van der Waals surface area contributed by atoms with E-state index in [4.69, 9.17) is 0 Å². The van der Waals surface area contributed by atoms with Crippen LogP contribution in [0.5, 0.6) is 0 Å². The molecule has 2 aliphatic heterocycles. The van der Waals surface area contributed by atoms with E-state index in [0.29, 0.717) is 43.9 Å². The van der Waals surface area contributed by atoms with E-state index < -0.39 is 15.4 Å². The SMILES string of the molecule is CS(=O)(=O)N1C[C@H]2CN(C(=O)c3cn[nH]c3-c3ccccc3)CC[C@@]2(CO)C1. The number of hydrogen-bond acceptors (Lipinski definition) is 5. The van der Waals surface area contributed by atoms with Gasteiger partial charge in [0.1, 0.15) is 0 Å². The molecule has 8 nitrogen and oxygen atoms in total. The Morgan fingerprint density at radius 2 is 2.07 bits per heavy atom. The quantitative estimate of drug-likeness (QED) is 0.784. The molecule has 9 heteroatoms. The van der Waals surface area contributed by atoms with Crippen molar-refractivity contribution in [3.05, 3.63) is 42.1 Å². The maximum Gasteiger partial charge on any atom is 0.257 e. The number of fused-ring (bicyclic) bond motifs is 1. The molecule has 2 fully saturated rings. The van der Waals surface area contributed by atoms with Gasteiger partial charge in [0.25, 0.3) is 5.91 Å². The van der Waals surface area contributed by atoms with E-state index in [1.165, 1.54) is 16.8 Å². The molecule has 0 saturated carbocycles. The summed E-state index contributed by atoms with van der Waals surface area (Å²) in [5, 5.41) is 17.0. The highest BCUT2D eigenvalue weighted by molar-refractivity contribution is 7.88. The summed E-state index contributed by atoms with van der Waals surface area (Å²) in [4.78, 5) is 14.9. The minimum absolute atomic E-state index is 0.0767. The molecule has 0 spiro atoms. The second-order valence-electron chi connectivity index (χ2n) is 7.80. The Bertz CT molecular complexity index is 975. The van der Waals surface area contributed by atoms with Gasteiger partial charge in [-0.05, 0) is 12.3 Å². The van der Waals surface area contributed by atoms with Crippen molar-refractivity contribution in [3.63, 3.8) is 0 Å². The average molecular weight is 404 g/mol. The second-order valence-corrected chi connectivity index (χ2v) is 9.78. The maximum atomic E-state index is 13.2. The Hall–Kier alpha value is -2.23. The fourth-order valence-electron chi connectivity index (χ4n) is 4.37. The lowest BCUT2D eigenvalue weighted by atomic mass is 9.73. The Balaban J connectivity index is 1.57. The fraction of sp³-hybridized carbons (Fsp3) is 0.474. The number of piperidine rings is 1. The summed E-state index contributed by atoms with van der Waals surface area (Å²) in [5.74, 6) is -0.214. The lowest BCUT2D eigenvalue weighted by molar-refractivity contribution is 0.0186. The van der Waals surface area contributed by atoms with Crippen LogP contribution in [-0.4, -0.2) is 77.9 Å². The Labute approximate surface area is 164 Å². The van der Waals surface area contributed by atoms with E-state index in [9.17, 15) is 18.3 Å². The molecule has 0 radical (unpaired) electrons. The van der Waals surface area contributed by atoms with Crippen molar-refractivity contribution in [2.75, 3.05) is 39.0 Å². The largest absolute Gasteiger partial charge is 0.396 e. The molecule has 2 N–H and O–H groups in total. The van der Waals surface area contributed by atoms with Gasteiger partial charge >= 0.3 is 0 Å². The van der Waals surface area contributed by atoms with Gasteiger partial charge in [0.15, 0.2) is 0 Å². The van der Waals surface area contributed by atoms with Crippen LogP contribution in [0.1, 0.15) is 16.8 Å². The number of carbonyl (C=O) groups is 1. The van der Waals surface area contributed by atoms with Gasteiger partial charge in [-0.1, -0.05) is 30.3 Å².